The number of hydrogen-bond donors (Lipinski definition) is 2. The summed E-state index contributed by atoms with van der Waals surface area (Å²) < 4.78 is 4.07. The maximum Gasteiger partial charge on any atom is 0.216 e. The fourth-order valence-corrected chi connectivity index (χ4v) is 1.81. The van der Waals surface area contributed by atoms with Crippen LogP contribution >= 0.6 is 11.5 Å². The number of aryl methyl sites for hydroxylation is 1. The van der Waals surface area contributed by atoms with E-state index in [0.29, 0.717) is 18.7 Å². The van der Waals surface area contributed by atoms with Gasteiger partial charge in [-0.25, -0.2) is 0 Å². The summed E-state index contributed by atoms with van der Waals surface area (Å²) in [6.07, 6.45) is 0. The Bertz CT molecular complexity index is 393. The number of hydrogen-bond acceptors (Lipinski definition) is 5. The molecule has 0 aliphatic rings. The second-order valence-electron chi connectivity index (χ2n) is 2.99. The Morgan fingerprint density at radius 1 is 1.60 bits per heavy atom. The van der Waals surface area contributed by atoms with E-state index in [1.807, 2.05) is 0 Å². The van der Waals surface area contributed by atoms with E-state index < -0.39 is 0 Å². The molecule has 1 aromatic rings. The lowest BCUT2D eigenvalue weighted by molar-refractivity contribution is -0.118. The van der Waals surface area contributed by atoms with E-state index in [9.17, 15) is 4.79 Å². The van der Waals surface area contributed by atoms with Crippen molar-refractivity contribution in [3.8, 4) is 6.07 Å². The van der Waals surface area contributed by atoms with Gasteiger partial charge in [0.1, 0.15) is 16.6 Å². The third-order valence-electron chi connectivity index (χ3n) is 1.76. The van der Waals surface area contributed by atoms with Crippen molar-refractivity contribution in [1.29, 1.82) is 5.26 Å². The molecule has 0 spiro atoms. The molecule has 0 saturated heterocycles. The normalized spacial score (nSPS) is 9.40. The molecule has 2 N–H and O–H groups in total. The number of carbonyl (C=O) groups excluding carboxylic acids is 1. The Morgan fingerprint density at radius 3 is 2.93 bits per heavy atom. The summed E-state index contributed by atoms with van der Waals surface area (Å²) in [6.45, 7) is 4.40. The number of nitrogens with one attached hydrogen (secondary N) is 2. The van der Waals surface area contributed by atoms with Crippen LogP contribution in [0.4, 0.5) is 5.00 Å². The molecule has 5 nitrogen and oxygen atoms in total. The molecule has 0 atom stereocenters. The lowest BCUT2D eigenvalue weighted by atomic mass is 10.3. The highest BCUT2D eigenvalue weighted by Crippen LogP contribution is 2.22. The number of amides is 1. The largest absolute Gasteiger partial charge is 0.373 e. The van der Waals surface area contributed by atoms with E-state index in [1.165, 1.54) is 18.5 Å². The molecule has 0 fully saturated rings. The molecule has 0 bridgehead atoms. The van der Waals surface area contributed by atoms with Gasteiger partial charge in [0.05, 0.1) is 5.69 Å². The van der Waals surface area contributed by atoms with E-state index in [0.717, 1.165) is 10.7 Å². The number of rotatable bonds is 4. The summed E-state index contributed by atoms with van der Waals surface area (Å²) in [6, 6.07) is 2.09. The smallest absolute Gasteiger partial charge is 0.216 e. The van der Waals surface area contributed by atoms with E-state index in [1.54, 1.807) is 6.92 Å². The molecule has 1 amide bonds. The predicted octanol–water partition coefficient (Wildman–Crippen LogP) is 0.871. The zero-order chi connectivity index (χ0) is 11.3. The minimum absolute atomic E-state index is 0.0576. The standard InChI is InChI=1S/C9H12N4OS/c1-6-8(5-10)9(15-13-6)12-4-3-11-7(2)14/h12H,3-4H2,1-2H3,(H,11,14). The number of nitrogens with zero attached hydrogens (tertiary/aromatic N) is 2. The van der Waals surface area contributed by atoms with E-state index in [2.05, 4.69) is 21.1 Å². The summed E-state index contributed by atoms with van der Waals surface area (Å²) in [5, 5.41) is 15.3. The summed E-state index contributed by atoms with van der Waals surface area (Å²) in [5.74, 6) is -0.0576. The van der Waals surface area contributed by atoms with Crippen LogP contribution in [0.25, 0.3) is 0 Å². The Hall–Kier alpha value is -1.61. The second kappa shape index (κ2) is 5.32. The van der Waals surface area contributed by atoms with Gasteiger partial charge in [-0.3, -0.25) is 4.79 Å². The van der Waals surface area contributed by atoms with Gasteiger partial charge in [-0.05, 0) is 18.5 Å². The molecule has 15 heavy (non-hydrogen) atoms. The first-order valence-electron chi connectivity index (χ1n) is 4.50. The van der Waals surface area contributed by atoms with Crippen molar-refractivity contribution < 1.29 is 4.79 Å². The van der Waals surface area contributed by atoms with Gasteiger partial charge in [0.15, 0.2) is 0 Å². The van der Waals surface area contributed by atoms with Crippen molar-refractivity contribution >= 4 is 22.4 Å². The third kappa shape index (κ3) is 3.22. The van der Waals surface area contributed by atoms with E-state index in [4.69, 9.17) is 5.26 Å². The molecule has 0 radical (unpaired) electrons. The Balaban J connectivity index is 2.45. The molecule has 0 aliphatic carbocycles. The lowest BCUT2D eigenvalue weighted by Crippen LogP contribution is -2.26. The second-order valence-corrected chi connectivity index (χ2v) is 3.77. The van der Waals surface area contributed by atoms with Crippen LogP contribution in [0.2, 0.25) is 0 Å². The highest BCUT2D eigenvalue weighted by atomic mass is 32.1. The third-order valence-corrected chi connectivity index (χ3v) is 2.66. The molecule has 1 heterocycles. The zero-order valence-corrected chi connectivity index (χ0v) is 9.44. The topological polar surface area (TPSA) is 77.8 Å². The fourth-order valence-electron chi connectivity index (χ4n) is 1.04. The van der Waals surface area contributed by atoms with Crippen molar-refractivity contribution in [2.75, 3.05) is 18.4 Å². The maximum atomic E-state index is 10.6. The Kier molecular flexibility index (Phi) is 4.06. The van der Waals surface area contributed by atoms with Gasteiger partial charge in [0.2, 0.25) is 5.91 Å². The first-order chi connectivity index (χ1) is 7.15. The minimum Gasteiger partial charge on any atom is -0.373 e. The van der Waals surface area contributed by atoms with Crippen LogP contribution in [-0.2, 0) is 4.79 Å². The fraction of sp³-hybridized carbons (Fsp3) is 0.444. The predicted molar refractivity (Wildman–Crippen MR) is 58.7 cm³/mol. The van der Waals surface area contributed by atoms with E-state index >= 15 is 0 Å². The van der Waals surface area contributed by atoms with Crippen molar-refractivity contribution in [2.24, 2.45) is 0 Å². The van der Waals surface area contributed by atoms with Gasteiger partial charge in [0.25, 0.3) is 0 Å². The van der Waals surface area contributed by atoms with Crippen LogP contribution < -0.4 is 10.6 Å². The highest BCUT2D eigenvalue weighted by Gasteiger charge is 2.08. The van der Waals surface area contributed by atoms with Crippen LogP contribution in [0.1, 0.15) is 18.2 Å². The van der Waals surface area contributed by atoms with Crippen LogP contribution in [-0.4, -0.2) is 23.4 Å². The van der Waals surface area contributed by atoms with E-state index in [-0.39, 0.29) is 5.91 Å². The summed E-state index contributed by atoms with van der Waals surface area (Å²) in [4.78, 5) is 10.6. The quantitative estimate of drug-likeness (QED) is 0.744. The van der Waals surface area contributed by atoms with Crippen LogP contribution in [0.5, 0.6) is 0 Å². The van der Waals surface area contributed by atoms with Crippen LogP contribution in [0, 0.1) is 18.3 Å². The number of anilines is 1. The molecule has 1 rings (SSSR count). The number of aromatic nitrogens is 1. The SMILES string of the molecule is CC(=O)NCCNc1snc(C)c1C#N. The average Bonchev–Trinajstić information content (AvgIpc) is 2.53. The Morgan fingerprint density at radius 2 is 2.33 bits per heavy atom. The van der Waals surface area contributed by atoms with Crippen LogP contribution in [0.3, 0.4) is 0 Å². The molecule has 0 aromatic carbocycles. The molecule has 6 heteroatoms. The first-order valence-corrected chi connectivity index (χ1v) is 5.27. The van der Waals surface area contributed by atoms with Gasteiger partial charge in [-0.15, -0.1) is 0 Å². The summed E-state index contributed by atoms with van der Waals surface area (Å²) in [7, 11) is 0. The molecular formula is C9H12N4OS. The monoisotopic (exact) mass is 224 g/mol. The van der Waals surface area contributed by atoms with Crippen molar-refractivity contribution in [2.45, 2.75) is 13.8 Å². The molecule has 1 aromatic heterocycles. The van der Waals surface area contributed by atoms with Gasteiger partial charge in [0, 0.05) is 20.0 Å². The van der Waals surface area contributed by atoms with Crippen molar-refractivity contribution in [3.63, 3.8) is 0 Å². The lowest BCUT2D eigenvalue weighted by Gasteiger charge is -2.03. The molecule has 80 valence electrons. The molecular weight excluding hydrogens is 212 g/mol. The minimum atomic E-state index is -0.0576. The van der Waals surface area contributed by atoms with Gasteiger partial charge in [-0.1, -0.05) is 0 Å². The number of nitriles is 1. The first kappa shape index (κ1) is 11.5. The maximum absolute atomic E-state index is 10.6. The average molecular weight is 224 g/mol. The Labute approximate surface area is 92.3 Å². The van der Waals surface area contributed by atoms with Crippen molar-refractivity contribution in [1.82, 2.24) is 9.69 Å². The zero-order valence-electron chi connectivity index (χ0n) is 8.63. The summed E-state index contributed by atoms with van der Waals surface area (Å²) >= 11 is 1.26. The van der Waals surface area contributed by atoms with Crippen molar-refractivity contribution in [3.05, 3.63) is 11.3 Å². The highest BCUT2D eigenvalue weighted by molar-refractivity contribution is 7.10. The summed E-state index contributed by atoms with van der Waals surface area (Å²) in [5.41, 5.74) is 1.33. The van der Waals surface area contributed by atoms with Gasteiger partial charge in [-0.2, -0.15) is 9.64 Å². The molecule has 0 saturated carbocycles. The van der Waals surface area contributed by atoms with Gasteiger partial charge < -0.3 is 10.6 Å². The molecule has 0 unspecified atom stereocenters. The van der Waals surface area contributed by atoms with Crippen LogP contribution in [0.15, 0.2) is 0 Å². The number of carbonyl (C=O) groups is 1. The molecule has 0 aliphatic heterocycles. The van der Waals surface area contributed by atoms with Gasteiger partial charge >= 0.3 is 0 Å².